The van der Waals surface area contributed by atoms with E-state index < -0.39 is 0 Å². The number of hydrogen-bond donors (Lipinski definition) is 2. The number of ether oxygens (including phenoxy) is 1. The number of urea groups is 1. The molecule has 0 heterocycles. The maximum atomic E-state index is 12.0. The van der Waals surface area contributed by atoms with Crippen LogP contribution >= 0.6 is 0 Å². The molecule has 0 radical (unpaired) electrons. The van der Waals surface area contributed by atoms with Gasteiger partial charge in [0.25, 0.3) is 5.91 Å². The molecule has 0 atom stereocenters. The smallest absolute Gasteiger partial charge is 0.320 e. The highest BCUT2D eigenvalue weighted by molar-refractivity contribution is 5.94. The van der Waals surface area contributed by atoms with E-state index in [0.717, 1.165) is 5.56 Å². The normalized spacial score (nSPS) is 9.59. The number of para-hydroxylation sites is 2. The molecule has 0 aromatic heterocycles. The molecule has 3 amide bonds. The first-order chi connectivity index (χ1) is 13.0. The SMILES string of the molecule is CCOc1ccccc1NC(=O)NCC#Cc1ccc(C(=O)N(C)C)cc1. The Balaban J connectivity index is 1.86. The standard InChI is InChI=1S/C21H23N3O3/c1-4-27-19-10-6-5-9-18(19)23-21(26)22-15-7-8-16-11-13-17(14-12-16)20(25)24(2)3/h5-6,9-14H,4,15H2,1-3H3,(H2,22,23,26). The van der Waals surface area contributed by atoms with Crippen molar-refractivity contribution >= 4 is 17.6 Å². The van der Waals surface area contributed by atoms with E-state index in [0.29, 0.717) is 23.6 Å². The third-order valence-corrected chi connectivity index (χ3v) is 3.54. The van der Waals surface area contributed by atoms with E-state index in [4.69, 9.17) is 4.74 Å². The van der Waals surface area contributed by atoms with Crippen LogP contribution in [0, 0.1) is 11.8 Å². The highest BCUT2D eigenvalue weighted by atomic mass is 16.5. The number of nitrogens with zero attached hydrogens (tertiary/aromatic N) is 1. The van der Waals surface area contributed by atoms with Gasteiger partial charge in [-0.25, -0.2) is 4.79 Å². The van der Waals surface area contributed by atoms with E-state index in [9.17, 15) is 9.59 Å². The molecular formula is C21H23N3O3. The number of hydrogen-bond acceptors (Lipinski definition) is 3. The van der Waals surface area contributed by atoms with Crippen molar-refractivity contribution in [1.82, 2.24) is 10.2 Å². The summed E-state index contributed by atoms with van der Waals surface area (Å²) in [5.74, 6) is 6.39. The second-order valence-corrected chi connectivity index (χ2v) is 5.82. The van der Waals surface area contributed by atoms with Gasteiger partial charge in [0.15, 0.2) is 0 Å². The second kappa shape index (κ2) is 9.88. The average molecular weight is 365 g/mol. The molecule has 140 valence electrons. The largest absolute Gasteiger partial charge is 0.492 e. The summed E-state index contributed by atoms with van der Waals surface area (Å²) >= 11 is 0. The molecule has 2 aromatic rings. The lowest BCUT2D eigenvalue weighted by Crippen LogP contribution is -2.29. The fourth-order valence-corrected chi connectivity index (χ4v) is 2.24. The molecule has 0 fully saturated rings. The van der Waals surface area contributed by atoms with Gasteiger partial charge < -0.3 is 20.3 Å². The van der Waals surface area contributed by atoms with Gasteiger partial charge in [0, 0.05) is 25.2 Å². The van der Waals surface area contributed by atoms with Crippen molar-refractivity contribution < 1.29 is 14.3 Å². The average Bonchev–Trinajstić information content (AvgIpc) is 2.67. The molecule has 0 aliphatic heterocycles. The predicted octanol–water partition coefficient (Wildman–Crippen LogP) is 2.96. The van der Waals surface area contributed by atoms with Crippen LogP contribution in [0.1, 0.15) is 22.8 Å². The summed E-state index contributed by atoms with van der Waals surface area (Å²) in [6, 6.07) is 13.9. The van der Waals surface area contributed by atoms with Crippen LogP contribution in [-0.2, 0) is 0 Å². The van der Waals surface area contributed by atoms with Gasteiger partial charge in [-0.15, -0.1) is 0 Å². The third kappa shape index (κ3) is 6.08. The van der Waals surface area contributed by atoms with E-state index in [2.05, 4.69) is 22.5 Å². The van der Waals surface area contributed by atoms with Crippen molar-refractivity contribution in [2.24, 2.45) is 0 Å². The zero-order valence-electron chi connectivity index (χ0n) is 15.7. The molecule has 0 spiro atoms. The van der Waals surface area contributed by atoms with Crippen LogP contribution < -0.4 is 15.4 Å². The van der Waals surface area contributed by atoms with Crippen LogP contribution in [-0.4, -0.2) is 44.1 Å². The van der Waals surface area contributed by atoms with E-state index in [-0.39, 0.29) is 18.5 Å². The Morgan fingerprint density at radius 2 is 1.78 bits per heavy atom. The Morgan fingerprint density at radius 3 is 2.44 bits per heavy atom. The number of carbonyl (C=O) groups is 2. The van der Waals surface area contributed by atoms with Gasteiger partial charge in [0.05, 0.1) is 18.8 Å². The topological polar surface area (TPSA) is 70.7 Å². The Morgan fingerprint density at radius 1 is 1.07 bits per heavy atom. The van der Waals surface area contributed by atoms with E-state index in [1.165, 1.54) is 4.90 Å². The molecule has 0 saturated carbocycles. The van der Waals surface area contributed by atoms with Crippen molar-refractivity contribution in [2.75, 3.05) is 32.6 Å². The quantitative estimate of drug-likeness (QED) is 0.801. The minimum atomic E-state index is -0.358. The molecule has 6 nitrogen and oxygen atoms in total. The van der Waals surface area contributed by atoms with Crippen molar-refractivity contribution in [3.63, 3.8) is 0 Å². The number of anilines is 1. The molecule has 6 heteroatoms. The molecule has 2 rings (SSSR count). The number of nitrogens with one attached hydrogen (secondary N) is 2. The highest BCUT2D eigenvalue weighted by Gasteiger charge is 2.07. The maximum Gasteiger partial charge on any atom is 0.320 e. The van der Waals surface area contributed by atoms with Crippen LogP contribution in [0.15, 0.2) is 48.5 Å². The van der Waals surface area contributed by atoms with Crippen LogP contribution in [0.3, 0.4) is 0 Å². The second-order valence-electron chi connectivity index (χ2n) is 5.82. The van der Waals surface area contributed by atoms with Gasteiger partial charge in [0.1, 0.15) is 5.75 Å². The van der Waals surface area contributed by atoms with Gasteiger partial charge in [-0.3, -0.25) is 4.79 Å². The van der Waals surface area contributed by atoms with Crippen LogP contribution in [0.2, 0.25) is 0 Å². The molecule has 0 saturated heterocycles. The van der Waals surface area contributed by atoms with Gasteiger partial charge in [-0.05, 0) is 43.3 Å². The van der Waals surface area contributed by atoms with Gasteiger partial charge in [0.2, 0.25) is 0 Å². The zero-order valence-corrected chi connectivity index (χ0v) is 15.7. The molecule has 0 aliphatic rings. The van der Waals surface area contributed by atoms with Gasteiger partial charge >= 0.3 is 6.03 Å². The first-order valence-corrected chi connectivity index (χ1v) is 8.58. The monoisotopic (exact) mass is 365 g/mol. The lowest BCUT2D eigenvalue weighted by molar-refractivity contribution is 0.0827. The van der Waals surface area contributed by atoms with Crippen LogP contribution in [0.5, 0.6) is 5.75 Å². The minimum absolute atomic E-state index is 0.0554. The number of benzene rings is 2. The van der Waals surface area contributed by atoms with Crippen molar-refractivity contribution in [1.29, 1.82) is 0 Å². The fraction of sp³-hybridized carbons (Fsp3) is 0.238. The third-order valence-electron chi connectivity index (χ3n) is 3.54. The predicted molar refractivity (Wildman–Crippen MR) is 106 cm³/mol. The Kier molecular flexibility index (Phi) is 7.26. The van der Waals surface area contributed by atoms with E-state index in [1.807, 2.05) is 19.1 Å². The number of amides is 3. The van der Waals surface area contributed by atoms with Gasteiger partial charge in [-0.1, -0.05) is 24.0 Å². The number of carbonyl (C=O) groups excluding carboxylic acids is 2. The summed E-state index contributed by atoms with van der Waals surface area (Å²) in [6.45, 7) is 2.60. The lowest BCUT2D eigenvalue weighted by Gasteiger charge is -2.11. The first-order valence-electron chi connectivity index (χ1n) is 8.58. The molecule has 0 aliphatic carbocycles. The fourth-order valence-electron chi connectivity index (χ4n) is 2.24. The molecule has 0 unspecified atom stereocenters. The Labute approximate surface area is 159 Å². The van der Waals surface area contributed by atoms with Gasteiger partial charge in [-0.2, -0.15) is 0 Å². The van der Waals surface area contributed by atoms with E-state index >= 15 is 0 Å². The maximum absolute atomic E-state index is 12.0. The Hall–Kier alpha value is -3.46. The van der Waals surface area contributed by atoms with Crippen LogP contribution in [0.4, 0.5) is 10.5 Å². The molecule has 2 aromatic carbocycles. The summed E-state index contributed by atoms with van der Waals surface area (Å²) < 4.78 is 5.47. The summed E-state index contributed by atoms with van der Waals surface area (Å²) in [5, 5.41) is 5.41. The molecule has 0 bridgehead atoms. The first kappa shape index (κ1) is 19.9. The van der Waals surface area contributed by atoms with Crippen molar-refractivity contribution in [2.45, 2.75) is 6.92 Å². The summed E-state index contributed by atoms with van der Waals surface area (Å²) in [7, 11) is 3.42. The molecular weight excluding hydrogens is 342 g/mol. The molecule has 2 N–H and O–H groups in total. The van der Waals surface area contributed by atoms with E-state index in [1.54, 1.807) is 50.5 Å². The highest BCUT2D eigenvalue weighted by Crippen LogP contribution is 2.23. The minimum Gasteiger partial charge on any atom is -0.492 e. The summed E-state index contributed by atoms with van der Waals surface area (Å²) in [5.41, 5.74) is 1.98. The number of rotatable bonds is 5. The zero-order chi connectivity index (χ0) is 19.6. The molecule has 27 heavy (non-hydrogen) atoms. The van der Waals surface area contributed by atoms with Crippen molar-refractivity contribution in [3.05, 3.63) is 59.7 Å². The summed E-state index contributed by atoms with van der Waals surface area (Å²) in [6.07, 6.45) is 0. The summed E-state index contributed by atoms with van der Waals surface area (Å²) in [4.78, 5) is 25.3. The van der Waals surface area contributed by atoms with Crippen LogP contribution in [0.25, 0.3) is 0 Å². The van der Waals surface area contributed by atoms with Crippen molar-refractivity contribution in [3.8, 4) is 17.6 Å². The Bertz CT molecular complexity index is 849. The lowest BCUT2D eigenvalue weighted by atomic mass is 10.1.